The molecule has 8 heteroatoms. The number of rotatable bonds is 12. The van der Waals surface area contributed by atoms with E-state index in [2.05, 4.69) is 10.2 Å². The maximum absolute atomic E-state index is 11.7. The van der Waals surface area contributed by atoms with Gasteiger partial charge in [-0.1, -0.05) is 12.1 Å². The monoisotopic (exact) mass is 390 g/mol. The van der Waals surface area contributed by atoms with Crippen molar-refractivity contribution >= 4 is 11.7 Å². The Morgan fingerprint density at radius 1 is 1.14 bits per heavy atom. The molecule has 2 aromatic carbocycles. The smallest absolute Gasteiger partial charge is 0.326 e. The van der Waals surface area contributed by atoms with Crippen molar-refractivity contribution in [2.75, 3.05) is 39.2 Å². The summed E-state index contributed by atoms with van der Waals surface area (Å²) in [7, 11) is 4.00. The molecule has 0 spiro atoms. The van der Waals surface area contributed by atoms with E-state index < -0.39 is 22.9 Å². The van der Waals surface area contributed by atoms with Gasteiger partial charge >= 0.3 is 5.97 Å². The van der Waals surface area contributed by atoms with Crippen LogP contribution in [-0.2, 0) is 11.2 Å². The molecule has 152 valence electrons. The van der Waals surface area contributed by atoms with Gasteiger partial charge in [0.15, 0.2) is 5.75 Å². The van der Waals surface area contributed by atoms with Crippen LogP contribution in [0.2, 0.25) is 0 Å². The summed E-state index contributed by atoms with van der Waals surface area (Å²) in [5.41, 5.74) is -0.794. The SMILES string of the molecule is CCOc1c(N[C@@H](Cc2ccc(OCCCN(C)C)cc2)C(=O)O)c(=O)c1=O. The lowest BCUT2D eigenvalue weighted by molar-refractivity contribution is -0.137. The first-order valence-electron chi connectivity index (χ1n) is 9.15. The molecule has 0 fully saturated rings. The quantitative estimate of drug-likeness (QED) is 0.410. The molecule has 0 amide bonds. The minimum absolute atomic E-state index is 0.0694. The Morgan fingerprint density at radius 2 is 1.82 bits per heavy atom. The Labute approximate surface area is 163 Å². The molecule has 0 unspecified atom stereocenters. The number of hydrogen-bond acceptors (Lipinski definition) is 7. The van der Waals surface area contributed by atoms with Crippen molar-refractivity contribution in [2.24, 2.45) is 0 Å². The predicted octanol–water partition coefficient (Wildman–Crippen LogP) is 1.12. The highest BCUT2D eigenvalue weighted by Gasteiger charge is 2.27. The molecule has 0 saturated heterocycles. The first-order valence-corrected chi connectivity index (χ1v) is 9.15. The zero-order valence-electron chi connectivity index (χ0n) is 16.4. The standard InChI is InChI=1S/C20H26N2O6/c1-4-27-19-16(17(23)18(19)24)21-15(20(25)26)12-13-6-8-14(9-7-13)28-11-5-10-22(2)3/h6-9,15,21H,4-5,10-12H2,1-3H3,(H,25,26)/t15-/m0/s1. The summed E-state index contributed by atoms with van der Waals surface area (Å²) >= 11 is 0. The Kier molecular flexibility index (Phi) is 7.57. The van der Waals surface area contributed by atoms with Crippen LogP contribution in [0.5, 0.6) is 11.5 Å². The summed E-state index contributed by atoms with van der Waals surface area (Å²) in [6, 6.07) is 6.07. The normalized spacial score (nSPS) is 12.1. The van der Waals surface area contributed by atoms with Crippen molar-refractivity contribution in [2.45, 2.75) is 25.8 Å². The number of carboxylic acid groups (broad SMARTS) is 1. The Bertz CT molecular complexity index is 853. The lowest BCUT2D eigenvalue weighted by atomic mass is 10.0. The lowest BCUT2D eigenvalue weighted by Gasteiger charge is -2.19. The molecule has 28 heavy (non-hydrogen) atoms. The van der Waals surface area contributed by atoms with Gasteiger partial charge in [0.1, 0.15) is 17.5 Å². The molecular formula is C20H26N2O6. The van der Waals surface area contributed by atoms with Gasteiger partial charge in [0.2, 0.25) is 0 Å². The highest BCUT2D eigenvalue weighted by Crippen LogP contribution is 2.20. The molecule has 2 rings (SSSR count). The van der Waals surface area contributed by atoms with Gasteiger partial charge in [0.25, 0.3) is 10.9 Å². The Morgan fingerprint density at radius 3 is 2.39 bits per heavy atom. The molecule has 0 aliphatic carbocycles. The van der Waals surface area contributed by atoms with Crippen LogP contribution in [0, 0.1) is 0 Å². The fraction of sp³-hybridized carbons (Fsp3) is 0.450. The van der Waals surface area contributed by atoms with Crippen molar-refractivity contribution in [1.29, 1.82) is 0 Å². The van der Waals surface area contributed by atoms with Crippen LogP contribution >= 0.6 is 0 Å². The van der Waals surface area contributed by atoms with Crippen LogP contribution < -0.4 is 25.6 Å². The predicted molar refractivity (Wildman–Crippen MR) is 106 cm³/mol. The van der Waals surface area contributed by atoms with Gasteiger partial charge in [-0.3, -0.25) is 9.59 Å². The average Bonchev–Trinajstić information content (AvgIpc) is 2.67. The zero-order chi connectivity index (χ0) is 20.7. The molecule has 0 aliphatic rings. The van der Waals surface area contributed by atoms with Gasteiger partial charge < -0.3 is 24.8 Å². The van der Waals surface area contributed by atoms with E-state index in [9.17, 15) is 19.5 Å². The lowest BCUT2D eigenvalue weighted by Crippen LogP contribution is -2.41. The van der Waals surface area contributed by atoms with Crippen LogP contribution in [0.25, 0.3) is 0 Å². The van der Waals surface area contributed by atoms with Crippen molar-refractivity contribution in [3.63, 3.8) is 0 Å². The molecule has 2 aromatic rings. The number of carboxylic acids is 1. The number of benzene rings is 1. The molecule has 2 N–H and O–H groups in total. The topological polar surface area (TPSA) is 105 Å². The maximum atomic E-state index is 11.7. The van der Waals surface area contributed by atoms with E-state index >= 15 is 0 Å². The van der Waals surface area contributed by atoms with Crippen LogP contribution in [0.3, 0.4) is 0 Å². The summed E-state index contributed by atoms with van der Waals surface area (Å²) in [4.78, 5) is 36.9. The second-order valence-corrected chi connectivity index (χ2v) is 6.68. The molecule has 0 radical (unpaired) electrons. The minimum atomic E-state index is -1.13. The number of ether oxygens (including phenoxy) is 2. The first-order chi connectivity index (χ1) is 13.3. The number of carbonyl (C=O) groups is 1. The van der Waals surface area contributed by atoms with E-state index in [4.69, 9.17) is 9.47 Å². The average molecular weight is 390 g/mol. The van der Waals surface area contributed by atoms with Gasteiger partial charge in [0, 0.05) is 13.0 Å². The van der Waals surface area contributed by atoms with Gasteiger partial charge in [-0.15, -0.1) is 0 Å². The Balaban J connectivity index is 1.97. The molecule has 0 aromatic heterocycles. The van der Waals surface area contributed by atoms with Crippen molar-refractivity contribution in [3.8, 4) is 11.5 Å². The number of hydrogen-bond donors (Lipinski definition) is 2. The largest absolute Gasteiger partial charge is 0.494 e. The van der Waals surface area contributed by atoms with E-state index in [0.717, 1.165) is 18.5 Å². The number of aliphatic carboxylic acids is 1. The third kappa shape index (κ3) is 5.56. The fourth-order valence-electron chi connectivity index (χ4n) is 2.69. The maximum Gasteiger partial charge on any atom is 0.326 e. The summed E-state index contributed by atoms with van der Waals surface area (Å²) in [6.45, 7) is 3.43. The summed E-state index contributed by atoms with van der Waals surface area (Å²) < 4.78 is 10.8. The highest BCUT2D eigenvalue weighted by atomic mass is 16.5. The molecule has 0 saturated carbocycles. The zero-order valence-corrected chi connectivity index (χ0v) is 16.4. The van der Waals surface area contributed by atoms with E-state index in [1.807, 2.05) is 14.1 Å². The fourth-order valence-corrected chi connectivity index (χ4v) is 2.69. The molecule has 0 heterocycles. The van der Waals surface area contributed by atoms with E-state index in [1.54, 1.807) is 31.2 Å². The van der Waals surface area contributed by atoms with Crippen LogP contribution in [0.1, 0.15) is 18.9 Å². The molecule has 0 bridgehead atoms. The van der Waals surface area contributed by atoms with Gasteiger partial charge in [-0.05, 0) is 45.1 Å². The van der Waals surface area contributed by atoms with E-state index in [1.165, 1.54) is 0 Å². The van der Waals surface area contributed by atoms with Gasteiger partial charge in [-0.25, -0.2) is 4.79 Å². The molecule has 8 nitrogen and oxygen atoms in total. The Hall–Kier alpha value is -2.87. The molecule has 1 atom stereocenters. The van der Waals surface area contributed by atoms with Crippen LogP contribution in [-0.4, -0.2) is 55.9 Å². The summed E-state index contributed by atoms with van der Waals surface area (Å²) in [5.74, 6) is -0.511. The minimum Gasteiger partial charge on any atom is -0.494 e. The molecule has 0 aliphatic heterocycles. The van der Waals surface area contributed by atoms with Crippen molar-refractivity contribution < 1.29 is 19.4 Å². The second kappa shape index (κ2) is 9.89. The van der Waals surface area contributed by atoms with E-state index in [-0.39, 0.29) is 24.5 Å². The van der Waals surface area contributed by atoms with E-state index in [0.29, 0.717) is 12.4 Å². The summed E-state index contributed by atoms with van der Waals surface area (Å²) in [6.07, 6.45) is 1.05. The van der Waals surface area contributed by atoms with Crippen molar-refractivity contribution in [3.05, 3.63) is 50.3 Å². The van der Waals surface area contributed by atoms with Crippen molar-refractivity contribution in [1.82, 2.24) is 4.90 Å². The van der Waals surface area contributed by atoms with Gasteiger partial charge in [-0.2, -0.15) is 0 Å². The second-order valence-electron chi connectivity index (χ2n) is 6.68. The highest BCUT2D eigenvalue weighted by molar-refractivity contribution is 5.79. The number of nitrogens with one attached hydrogen (secondary N) is 1. The van der Waals surface area contributed by atoms with Crippen LogP contribution in [0.4, 0.5) is 5.69 Å². The van der Waals surface area contributed by atoms with Crippen LogP contribution in [0.15, 0.2) is 33.9 Å². The van der Waals surface area contributed by atoms with Gasteiger partial charge in [0.05, 0.1) is 13.2 Å². The number of anilines is 1. The third-order valence-electron chi connectivity index (χ3n) is 4.15. The molecular weight excluding hydrogens is 364 g/mol. The third-order valence-corrected chi connectivity index (χ3v) is 4.15. The number of nitrogens with zero attached hydrogens (tertiary/aromatic N) is 1. The first kappa shape index (κ1) is 21.4. The summed E-state index contributed by atoms with van der Waals surface area (Å²) in [5, 5.41) is 12.1.